The first kappa shape index (κ1) is 15.9. The number of aryl methyl sites for hydroxylation is 2. The first-order valence-electron chi connectivity index (χ1n) is 8.72. The molecule has 0 fully saturated rings. The number of rotatable bonds is 3. The Kier molecular flexibility index (Phi) is 4.04. The molecule has 2 aromatic carbocycles. The van der Waals surface area contributed by atoms with Crippen LogP contribution in [-0.4, -0.2) is 16.9 Å². The number of carbonyl (C=O) groups excluding carboxylic acids is 1. The zero-order valence-corrected chi connectivity index (χ0v) is 14.2. The van der Waals surface area contributed by atoms with Crippen LogP contribution in [0.2, 0.25) is 0 Å². The Balaban J connectivity index is 1.44. The van der Waals surface area contributed by atoms with E-state index in [1.54, 1.807) is 12.1 Å². The number of hydrogen-bond acceptors (Lipinski definition) is 1. The highest BCUT2D eigenvalue weighted by atomic mass is 19.1. The van der Waals surface area contributed by atoms with Crippen LogP contribution in [0.25, 0.3) is 10.9 Å². The van der Waals surface area contributed by atoms with E-state index in [1.165, 1.54) is 39.9 Å². The number of nitrogens with one attached hydrogen (secondary N) is 2. The molecule has 1 aliphatic carbocycles. The summed E-state index contributed by atoms with van der Waals surface area (Å²) in [7, 11) is 0. The standard InChI is InChI=1S/C21H21FN2O/c1-13-2-9-19-18(10-13)17-8-7-16(12-20(17)24-19)23-21(25)11-14-3-5-15(22)6-4-14/h2-6,9-10,16,24H,7-8,11-12H2,1H3,(H,23,25)/t16-/m1/s1. The molecule has 128 valence electrons. The average Bonchev–Trinajstić information content (AvgIpc) is 2.94. The van der Waals surface area contributed by atoms with Gasteiger partial charge in [-0.2, -0.15) is 0 Å². The minimum absolute atomic E-state index is 0.00739. The van der Waals surface area contributed by atoms with Crippen LogP contribution in [0.15, 0.2) is 42.5 Å². The third-order valence-electron chi connectivity index (χ3n) is 4.99. The van der Waals surface area contributed by atoms with E-state index >= 15 is 0 Å². The van der Waals surface area contributed by atoms with E-state index in [2.05, 4.69) is 35.4 Å². The van der Waals surface area contributed by atoms with Crippen molar-refractivity contribution in [2.24, 2.45) is 0 Å². The number of H-pyrrole nitrogens is 1. The van der Waals surface area contributed by atoms with Gasteiger partial charge in [-0.25, -0.2) is 4.39 Å². The Morgan fingerprint density at radius 1 is 1.24 bits per heavy atom. The fourth-order valence-corrected chi connectivity index (χ4v) is 3.73. The molecule has 4 rings (SSSR count). The molecule has 0 unspecified atom stereocenters. The van der Waals surface area contributed by atoms with Gasteiger partial charge in [0.15, 0.2) is 0 Å². The maximum Gasteiger partial charge on any atom is 0.224 e. The fraction of sp³-hybridized carbons (Fsp3) is 0.286. The summed E-state index contributed by atoms with van der Waals surface area (Å²) in [6.07, 6.45) is 3.04. The number of benzene rings is 2. The van der Waals surface area contributed by atoms with Gasteiger partial charge >= 0.3 is 0 Å². The maximum atomic E-state index is 12.9. The lowest BCUT2D eigenvalue weighted by Crippen LogP contribution is -2.39. The lowest BCUT2D eigenvalue weighted by molar-refractivity contribution is -0.121. The van der Waals surface area contributed by atoms with E-state index in [-0.39, 0.29) is 24.2 Å². The van der Waals surface area contributed by atoms with E-state index in [0.717, 1.165) is 24.8 Å². The van der Waals surface area contributed by atoms with Crippen molar-refractivity contribution in [1.29, 1.82) is 0 Å². The lowest BCUT2D eigenvalue weighted by atomic mass is 9.91. The van der Waals surface area contributed by atoms with Crippen molar-refractivity contribution in [3.8, 4) is 0 Å². The second-order valence-electron chi connectivity index (χ2n) is 6.94. The number of aromatic amines is 1. The molecule has 4 heteroatoms. The van der Waals surface area contributed by atoms with Gasteiger partial charge in [0.2, 0.25) is 5.91 Å². The first-order valence-corrected chi connectivity index (χ1v) is 8.72. The monoisotopic (exact) mass is 336 g/mol. The maximum absolute atomic E-state index is 12.9. The van der Waals surface area contributed by atoms with Crippen molar-refractivity contribution < 1.29 is 9.18 Å². The Hall–Kier alpha value is -2.62. The van der Waals surface area contributed by atoms with Crippen LogP contribution < -0.4 is 5.32 Å². The number of hydrogen-bond donors (Lipinski definition) is 2. The van der Waals surface area contributed by atoms with Crippen LogP contribution in [0.1, 0.15) is 28.8 Å². The zero-order valence-electron chi connectivity index (χ0n) is 14.2. The molecular formula is C21H21FN2O. The van der Waals surface area contributed by atoms with Gasteiger partial charge < -0.3 is 10.3 Å². The summed E-state index contributed by atoms with van der Waals surface area (Å²) in [6, 6.07) is 12.7. The minimum Gasteiger partial charge on any atom is -0.358 e. The Morgan fingerprint density at radius 2 is 2.04 bits per heavy atom. The van der Waals surface area contributed by atoms with Gasteiger partial charge in [0.25, 0.3) is 0 Å². The molecular weight excluding hydrogens is 315 g/mol. The van der Waals surface area contributed by atoms with Crippen LogP contribution in [0.5, 0.6) is 0 Å². The van der Waals surface area contributed by atoms with Crippen molar-refractivity contribution in [2.75, 3.05) is 0 Å². The molecule has 0 saturated heterocycles. The molecule has 0 saturated carbocycles. The third kappa shape index (κ3) is 3.29. The van der Waals surface area contributed by atoms with E-state index in [4.69, 9.17) is 0 Å². The van der Waals surface area contributed by atoms with Crippen molar-refractivity contribution in [3.05, 3.63) is 70.7 Å². The van der Waals surface area contributed by atoms with E-state index in [1.807, 2.05) is 0 Å². The number of carbonyl (C=O) groups is 1. The van der Waals surface area contributed by atoms with Gasteiger partial charge in [0, 0.05) is 29.1 Å². The first-order chi connectivity index (χ1) is 12.1. The zero-order chi connectivity index (χ0) is 17.4. The SMILES string of the molecule is Cc1ccc2[nH]c3c(c2c1)CC[C@@H](NC(=O)Cc1ccc(F)cc1)C3. The number of halogens is 1. The molecule has 0 spiro atoms. The third-order valence-corrected chi connectivity index (χ3v) is 4.99. The summed E-state index contributed by atoms with van der Waals surface area (Å²) in [4.78, 5) is 15.8. The molecule has 25 heavy (non-hydrogen) atoms. The summed E-state index contributed by atoms with van der Waals surface area (Å²) >= 11 is 0. The molecule has 0 bridgehead atoms. The fourth-order valence-electron chi connectivity index (χ4n) is 3.73. The number of aromatic nitrogens is 1. The quantitative estimate of drug-likeness (QED) is 0.750. The molecule has 3 nitrogen and oxygen atoms in total. The van der Waals surface area contributed by atoms with Crippen LogP contribution in [-0.2, 0) is 24.1 Å². The predicted octanol–water partition coefficient (Wildman–Crippen LogP) is 3.83. The second-order valence-corrected chi connectivity index (χ2v) is 6.94. The van der Waals surface area contributed by atoms with Crippen LogP contribution in [0.3, 0.4) is 0 Å². The summed E-state index contributed by atoms with van der Waals surface area (Å²) in [5, 5.41) is 4.44. The summed E-state index contributed by atoms with van der Waals surface area (Å²) in [5.41, 5.74) is 5.90. The molecule has 2 N–H and O–H groups in total. The van der Waals surface area contributed by atoms with Crippen molar-refractivity contribution in [3.63, 3.8) is 0 Å². The van der Waals surface area contributed by atoms with Gasteiger partial charge in [0.05, 0.1) is 6.42 Å². The molecule has 1 aliphatic rings. The normalized spacial score (nSPS) is 16.6. The molecule has 0 radical (unpaired) electrons. The number of fused-ring (bicyclic) bond motifs is 3. The second kappa shape index (κ2) is 6.36. The molecule has 1 amide bonds. The van der Waals surface area contributed by atoms with Gasteiger partial charge in [-0.05, 0) is 55.2 Å². The smallest absolute Gasteiger partial charge is 0.224 e. The molecule has 0 aliphatic heterocycles. The van der Waals surface area contributed by atoms with Crippen LogP contribution >= 0.6 is 0 Å². The topological polar surface area (TPSA) is 44.9 Å². The number of amides is 1. The van der Waals surface area contributed by atoms with E-state index < -0.39 is 0 Å². The van der Waals surface area contributed by atoms with E-state index in [0.29, 0.717) is 0 Å². The highest BCUT2D eigenvalue weighted by molar-refractivity contribution is 5.86. The predicted molar refractivity (Wildman–Crippen MR) is 97.1 cm³/mol. The average molecular weight is 336 g/mol. The lowest BCUT2D eigenvalue weighted by Gasteiger charge is -2.23. The van der Waals surface area contributed by atoms with E-state index in [9.17, 15) is 9.18 Å². The van der Waals surface area contributed by atoms with Gasteiger partial charge in [0.1, 0.15) is 5.82 Å². The molecule has 1 atom stereocenters. The van der Waals surface area contributed by atoms with Crippen molar-refractivity contribution in [1.82, 2.24) is 10.3 Å². The van der Waals surface area contributed by atoms with Gasteiger partial charge in [-0.1, -0.05) is 23.8 Å². The molecule has 1 aromatic heterocycles. The highest BCUT2D eigenvalue weighted by Gasteiger charge is 2.23. The minimum atomic E-state index is -0.280. The van der Waals surface area contributed by atoms with Gasteiger partial charge in [-0.15, -0.1) is 0 Å². The van der Waals surface area contributed by atoms with Crippen molar-refractivity contribution in [2.45, 2.75) is 38.6 Å². The Morgan fingerprint density at radius 3 is 2.84 bits per heavy atom. The Labute approximate surface area is 146 Å². The highest BCUT2D eigenvalue weighted by Crippen LogP contribution is 2.29. The summed E-state index contributed by atoms with van der Waals surface area (Å²) in [6.45, 7) is 2.11. The van der Waals surface area contributed by atoms with Crippen LogP contribution in [0, 0.1) is 12.7 Å². The van der Waals surface area contributed by atoms with Crippen molar-refractivity contribution >= 4 is 16.8 Å². The molecule has 1 heterocycles. The summed E-state index contributed by atoms with van der Waals surface area (Å²) < 4.78 is 12.9. The Bertz CT molecular complexity index is 927. The van der Waals surface area contributed by atoms with Gasteiger partial charge in [-0.3, -0.25) is 4.79 Å². The van der Waals surface area contributed by atoms with Crippen LogP contribution in [0.4, 0.5) is 4.39 Å². The molecule has 3 aromatic rings. The largest absolute Gasteiger partial charge is 0.358 e. The summed E-state index contributed by atoms with van der Waals surface area (Å²) in [5.74, 6) is -0.287.